The number of amides is 2. The SMILES string of the molecule is CCNC(=O)c1cccc(NC(=O)CN2CCC(c3ccccc3OC)C2)c1. The normalized spacial score (nSPS) is 16.6. The molecule has 1 aliphatic heterocycles. The zero-order valence-corrected chi connectivity index (χ0v) is 16.4. The summed E-state index contributed by atoms with van der Waals surface area (Å²) in [4.78, 5) is 26.6. The lowest BCUT2D eigenvalue weighted by atomic mass is 9.97. The van der Waals surface area contributed by atoms with Crippen LogP contribution in [0.3, 0.4) is 0 Å². The van der Waals surface area contributed by atoms with E-state index >= 15 is 0 Å². The van der Waals surface area contributed by atoms with Crippen LogP contribution in [-0.2, 0) is 4.79 Å². The minimum atomic E-state index is -0.141. The first kappa shape index (κ1) is 19.9. The van der Waals surface area contributed by atoms with Crippen molar-refractivity contribution in [2.45, 2.75) is 19.3 Å². The number of benzene rings is 2. The number of methoxy groups -OCH3 is 1. The van der Waals surface area contributed by atoms with Gasteiger partial charge in [-0.3, -0.25) is 14.5 Å². The molecular weight excluding hydrogens is 354 g/mol. The largest absolute Gasteiger partial charge is 0.496 e. The maximum atomic E-state index is 12.5. The Bertz CT molecular complexity index is 837. The average molecular weight is 381 g/mol. The molecular formula is C22H27N3O3. The first-order valence-corrected chi connectivity index (χ1v) is 9.64. The Balaban J connectivity index is 1.56. The molecule has 28 heavy (non-hydrogen) atoms. The van der Waals surface area contributed by atoms with Crippen LogP contribution in [0.15, 0.2) is 48.5 Å². The molecule has 2 N–H and O–H groups in total. The first-order chi connectivity index (χ1) is 13.6. The summed E-state index contributed by atoms with van der Waals surface area (Å²) in [5.74, 6) is 1.05. The quantitative estimate of drug-likeness (QED) is 0.774. The van der Waals surface area contributed by atoms with Crippen molar-refractivity contribution in [3.05, 3.63) is 59.7 Å². The molecule has 1 heterocycles. The third-order valence-corrected chi connectivity index (χ3v) is 4.96. The smallest absolute Gasteiger partial charge is 0.251 e. The van der Waals surface area contributed by atoms with E-state index in [2.05, 4.69) is 21.6 Å². The summed E-state index contributed by atoms with van der Waals surface area (Å²) in [6.45, 7) is 4.47. The molecule has 0 saturated carbocycles. The fourth-order valence-corrected chi connectivity index (χ4v) is 3.64. The van der Waals surface area contributed by atoms with Crippen molar-refractivity contribution >= 4 is 17.5 Å². The number of nitrogens with one attached hydrogen (secondary N) is 2. The number of ether oxygens (including phenoxy) is 1. The van der Waals surface area contributed by atoms with E-state index in [0.29, 0.717) is 30.3 Å². The van der Waals surface area contributed by atoms with E-state index in [1.54, 1.807) is 31.4 Å². The number of anilines is 1. The van der Waals surface area contributed by atoms with E-state index < -0.39 is 0 Å². The second-order valence-corrected chi connectivity index (χ2v) is 6.95. The van der Waals surface area contributed by atoms with Crippen molar-refractivity contribution in [3.8, 4) is 5.75 Å². The molecule has 1 atom stereocenters. The van der Waals surface area contributed by atoms with Crippen LogP contribution in [-0.4, -0.2) is 50.0 Å². The molecule has 1 unspecified atom stereocenters. The van der Waals surface area contributed by atoms with Gasteiger partial charge in [-0.15, -0.1) is 0 Å². The van der Waals surface area contributed by atoms with E-state index in [1.807, 2.05) is 25.1 Å². The van der Waals surface area contributed by atoms with E-state index in [0.717, 1.165) is 25.3 Å². The minimum Gasteiger partial charge on any atom is -0.496 e. The van der Waals surface area contributed by atoms with Gasteiger partial charge in [0.25, 0.3) is 5.91 Å². The lowest BCUT2D eigenvalue weighted by molar-refractivity contribution is -0.117. The Hall–Kier alpha value is -2.86. The maximum Gasteiger partial charge on any atom is 0.251 e. The van der Waals surface area contributed by atoms with Gasteiger partial charge in [0.1, 0.15) is 5.75 Å². The Morgan fingerprint density at radius 3 is 2.79 bits per heavy atom. The Kier molecular flexibility index (Phi) is 6.66. The molecule has 0 aromatic heterocycles. The van der Waals surface area contributed by atoms with Crippen LogP contribution in [0, 0.1) is 0 Å². The molecule has 1 fully saturated rings. The highest BCUT2D eigenvalue weighted by molar-refractivity contribution is 5.97. The second kappa shape index (κ2) is 9.37. The summed E-state index contributed by atoms with van der Waals surface area (Å²) < 4.78 is 5.47. The van der Waals surface area contributed by atoms with E-state index in [-0.39, 0.29) is 11.8 Å². The summed E-state index contributed by atoms with van der Waals surface area (Å²) in [7, 11) is 1.69. The minimum absolute atomic E-state index is 0.0753. The molecule has 2 amide bonds. The first-order valence-electron chi connectivity index (χ1n) is 9.64. The molecule has 0 spiro atoms. The van der Waals surface area contributed by atoms with Crippen LogP contribution >= 0.6 is 0 Å². The Morgan fingerprint density at radius 2 is 2.00 bits per heavy atom. The van der Waals surface area contributed by atoms with Gasteiger partial charge >= 0.3 is 0 Å². The summed E-state index contributed by atoms with van der Waals surface area (Å²) >= 11 is 0. The maximum absolute atomic E-state index is 12.5. The third kappa shape index (κ3) is 4.89. The Morgan fingerprint density at radius 1 is 1.18 bits per heavy atom. The van der Waals surface area contributed by atoms with Gasteiger partial charge in [0, 0.05) is 30.3 Å². The monoisotopic (exact) mass is 381 g/mol. The van der Waals surface area contributed by atoms with Gasteiger partial charge in [-0.1, -0.05) is 24.3 Å². The number of carbonyl (C=O) groups is 2. The van der Waals surface area contributed by atoms with Crippen molar-refractivity contribution < 1.29 is 14.3 Å². The summed E-state index contributed by atoms with van der Waals surface area (Å²) in [6, 6.07) is 15.1. The number of hydrogen-bond donors (Lipinski definition) is 2. The standard InChI is InChI=1S/C22H27N3O3/c1-3-23-22(27)16-7-6-8-18(13-16)24-21(26)15-25-12-11-17(14-25)19-9-4-5-10-20(19)28-2/h4-10,13,17H,3,11-12,14-15H2,1-2H3,(H,23,27)(H,24,26). The molecule has 0 bridgehead atoms. The van der Waals surface area contributed by atoms with Crippen LogP contribution in [0.25, 0.3) is 0 Å². The fourth-order valence-electron chi connectivity index (χ4n) is 3.64. The predicted molar refractivity (Wildman–Crippen MR) is 110 cm³/mol. The van der Waals surface area contributed by atoms with E-state index in [4.69, 9.17) is 4.74 Å². The number of carbonyl (C=O) groups excluding carboxylic acids is 2. The predicted octanol–water partition coefficient (Wildman–Crippen LogP) is 2.87. The van der Waals surface area contributed by atoms with Crippen molar-refractivity contribution in [2.24, 2.45) is 0 Å². The van der Waals surface area contributed by atoms with Gasteiger partial charge in [0.05, 0.1) is 13.7 Å². The summed E-state index contributed by atoms with van der Waals surface area (Å²) in [5.41, 5.74) is 2.37. The molecule has 148 valence electrons. The van der Waals surface area contributed by atoms with Gasteiger partial charge in [0.15, 0.2) is 0 Å². The lowest BCUT2D eigenvalue weighted by Crippen LogP contribution is -2.31. The molecule has 2 aromatic rings. The van der Waals surface area contributed by atoms with Gasteiger partial charge in [0.2, 0.25) is 5.91 Å². The highest BCUT2D eigenvalue weighted by atomic mass is 16.5. The van der Waals surface area contributed by atoms with Crippen molar-refractivity contribution in [2.75, 3.05) is 38.6 Å². The number of rotatable bonds is 7. The van der Waals surface area contributed by atoms with Crippen molar-refractivity contribution in [1.82, 2.24) is 10.2 Å². The number of hydrogen-bond acceptors (Lipinski definition) is 4. The summed E-state index contributed by atoms with van der Waals surface area (Å²) in [6.07, 6.45) is 1.00. The molecule has 0 aliphatic carbocycles. The fraction of sp³-hybridized carbons (Fsp3) is 0.364. The molecule has 6 heteroatoms. The highest BCUT2D eigenvalue weighted by Gasteiger charge is 2.27. The van der Waals surface area contributed by atoms with Crippen molar-refractivity contribution in [3.63, 3.8) is 0 Å². The topological polar surface area (TPSA) is 70.7 Å². The number of nitrogens with zero attached hydrogens (tertiary/aromatic N) is 1. The second-order valence-electron chi connectivity index (χ2n) is 6.95. The molecule has 1 saturated heterocycles. The zero-order chi connectivity index (χ0) is 19.9. The molecule has 6 nitrogen and oxygen atoms in total. The van der Waals surface area contributed by atoms with Gasteiger partial charge in [-0.25, -0.2) is 0 Å². The van der Waals surface area contributed by atoms with Crippen LogP contribution in [0.2, 0.25) is 0 Å². The summed E-state index contributed by atoms with van der Waals surface area (Å²) in [5, 5.41) is 5.66. The third-order valence-electron chi connectivity index (χ3n) is 4.96. The number of likely N-dealkylation sites (tertiary alicyclic amines) is 1. The van der Waals surface area contributed by atoms with Gasteiger partial charge < -0.3 is 15.4 Å². The zero-order valence-electron chi connectivity index (χ0n) is 16.4. The molecule has 0 radical (unpaired) electrons. The van der Waals surface area contributed by atoms with Crippen LogP contribution in [0.1, 0.15) is 35.2 Å². The van der Waals surface area contributed by atoms with E-state index in [1.165, 1.54) is 5.56 Å². The van der Waals surface area contributed by atoms with Gasteiger partial charge in [-0.05, 0) is 49.7 Å². The van der Waals surface area contributed by atoms with E-state index in [9.17, 15) is 9.59 Å². The highest BCUT2D eigenvalue weighted by Crippen LogP contribution is 2.33. The van der Waals surface area contributed by atoms with Gasteiger partial charge in [-0.2, -0.15) is 0 Å². The van der Waals surface area contributed by atoms with Crippen LogP contribution < -0.4 is 15.4 Å². The Labute approximate surface area is 165 Å². The molecule has 1 aliphatic rings. The molecule has 3 rings (SSSR count). The van der Waals surface area contributed by atoms with Crippen LogP contribution in [0.4, 0.5) is 5.69 Å². The average Bonchev–Trinajstić information content (AvgIpc) is 3.16. The number of para-hydroxylation sites is 1. The molecule has 2 aromatic carbocycles. The lowest BCUT2D eigenvalue weighted by Gasteiger charge is -2.17. The van der Waals surface area contributed by atoms with Crippen molar-refractivity contribution in [1.29, 1.82) is 0 Å². The van der Waals surface area contributed by atoms with Crippen LogP contribution in [0.5, 0.6) is 5.75 Å².